The van der Waals surface area contributed by atoms with Gasteiger partial charge < -0.3 is 11.5 Å². The molecule has 0 unspecified atom stereocenters. The Bertz CT molecular complexity index is 997. The Morgan fingerprint density at radius 1 is 0.714 bits per heavy atom. The van der Waals surface area contributed by atoms with Gasteiger partial charge in [0.2, 0.25) is 20.0 Å². The highest BCUT2D eigenvalue weighted by Crippen LogP contribution is 2.34. The predicted molar refractivity (Wildman–Crippen MR) is 107 cm³/mol. The van der Waals surface area contributed by atoms with Gasteiger partial charge in [-0.05, 0) is 40.8 Å². The summed E-state index contributed by atoms with van der Waals surface area (Å²) in [6, 6.07) is 10.2. The van der Waals surface area contributed by atoms with Gasteiger partial charge >= 0.3 is 0 Å². The number of benzene rings is 2. The molecule has 10 heteroatoms. The number of fused-ring (bicyclic) bond motifs is 2. The minimum atomic E-state index is -3.74. The van der Waals surface area contributed by atoms with E-state index >= 15 is 0 Å². The van der Waals surface area contributed by atoms with E-state index in [0.29, 0.717) is 17.5 Å². The second-order valence-corrected chi connectivity index (χ2v) is 9.98. The first kappa shape index (κ1) is 20.9. The van der Waals surface area contributed by atoms with Crippen LogP contribution in [0, 0.1) is 0 Å². The summed E-state index contributed by atoms with van der Waals surface area (Å²) < 4.78 is 55.7. The van der Waals surface area contributed by atoms with E-state index in [0.717, 1.165) is 11.1 Å². The summed E-state index contributed by atoms with van der Waals surface area (Å²) in [6.07, 6.45) is 0.676. The largest absolute Gasteiger partial charge is 0.329 e. The fraction of sp³-hybridized carbons (Fsp3) is 0.333. The quantitative estimate of drug-likeness (QED) is 0.389. The summed E-state index contributed by atoms with van der Waals surface area (Å²) in [6.45, 7) is 0.634. The molecule has 0 heterocycles. The van der Waals surface area contributed by atoms with Crippen molar-refractivity contribution < 1.29 is 16.8 Å². The van der Waals surface area contributed by atoms with Crippen LogP contribution in [0.25, 0.3) is 0 Å². The molecule has 2 aromatic rings. The number of hydrogen-bond acceptors (Lipinski definition) is 6. The van der Waals surface area contributed by atoms with Gasteiger partial charge in [0.15, 0.2) is 0 Å². The molecule has 8 nitrogen and oxygen atoms in total. The number of nitrogens with two attached hydrogens (primary N) is 2. The molecule has 152 valence electrons. The molecule has 28 heavy (non-hydrogen) atoms. The number of hydrogen-bond donors (Lipinski definition) is 4. The van der Waals surface area contributed by atoms with Gasteiger partial charge in [-0.3, -0.25) is 0 Å². The van der Waals surface area contributed by atoms with Crippen LogP contribution in [-0.4, -0.2) is 43.0 Å². The lowest BCUT2D eigenvalue weighted by molar-refractivity contribution is 0.581. The van der Waals surface area contributed by atoms with Crippen molar-refractivity contribution in [3.05, 3.63) is 58.7 Å². The van der Waals surface area contributed by atoms with Crippen molar-refractivity contribution in [1.82, 2.24) is 9.44 Å². The second-order valence-electron chi connectivity index (χ2n) is 6.51. The van der Waals surface area contributed by atoms with Gasteiger partial charge in [-0.2, -0.15) is 0 Å². The monoisotopic (exact) mass is 424 g/mol. The van der Waals surface area contributed by atoms with E-state index in [9.17, 15) is 16.8 Å². The maximum Gasteiger partial charge on any atom is 0.240 e. The Labute approximate surface area is 165 Å². The molecule has 1 aliphatic carbocycles. The first-order valence-electron chi connectivity index (χ1n) is 8.91. The average molecular weight is 425 g/mol. The fourth-order valence-corrected chi connectivity index (χ4v) is 6.04. The third-order valence-corrected chi connectivity index (χ3v) is 7.74. The Kier molecular flexibility index (Phi) is 6.18. The third-order valence-electron chi connectivity index (χ3n) is 4.65. The van der Waals surface area contributed by atoms with E-state index in [1.165, 1.54) is 12.1 Å². The van der Waals surface area contributed by atoms with Gasteiger partial charge in [0.25, 0.3) is 0 Å². The van der Waals surface area contributed by atoms with Crippen molar-refractivity contribution in [3.63, 3.8) is 0 Å². The lowest BCUT2D eigenvalue weighted by Gasteiger charge is -2.24. The van der Waals surface area contributed by atoms with Gasteiger partial charge in [0.05, 0.1) is 9.79 Å². The summed E-state index contributed by atoms with van der Waals surface area (Å²) in [5.41, 5.74) is 13.8. The van der Waals surface area contributed by atoms with Gasteiger partial charge in [0, 0.05) is 32.6 Å². The van der Waals surface area contributed by atoms with Gasteiger partial charge in [0.1, 0.15) is 0 Å². The summed E-state index contributed by atoms with van der Waals surface area (Å²) in [4.78, 5) is 0.317. The van der Waals surface area contributed by atoms with Crippen LogP contribution in [-0.2, 0) is 32.9 Å². The topological polar surface area (TPSA) is 144 Å². The van der Waals surface area contributed by atoms with Gasteiger partial charge in [-0.15, -0.1) is 0 Å². The molecule has 2 aromatic carbocycles. The van der Waals surface area contributed by atoms with E-state index < -0.39 is 20.0 Å². The zero-order valence-electron chi connectivity index (χ0n) is 15.3. The summed E-state index contributed by atoms with van der Waals surface area (Å²) >= 11 is 0. The first-order valence-corrected chi connectivity index (χ1v) is 11.9. The Balaban J connectivity index is 2.07. The van der Waals surface area contributed by atoms with Crippen molar-refractivity contribution in [1.29, 1.82) is 0 Å². The minimum absolute atomic E-state index is 0.130. The molecule has 3 rings (SSSR count). The predicted octanol–water partition coefficient (Wildman–Crippen LogP) is -0.344. The van der Waals surface area contributed by atoms with Crippen LogP contribution < -0.4 is 20.9 Å². The van der Waals surface area contributed by atoms with Gasteiger partial charge in [-0.25, -0.2) is 26.3 Å². The lowest BCUT2D eigenvalue weighted by Crippen LogP contribution is -2.31. The van der Waals surface area contributed by atoms with Crippen molar-refractivity contribution in [2.75, 3.05) is 26.2 Å². The molecule has 0 fully saturated rings. The standard InChI is InChI=1S/C18H24N4O4S2/c19-7-9-21-27(23,24)17-5-1-3-13-11-14-4-2-6-18(16(14)12-15(13)17)28(25,26)22-10-8-20/h1-6,21-22H,7-12,19-20H2. The van der Waals surface area contributed by atoms with Crippen molar-refractivity contribution in [2.45, 2.75) is 22.6 Å². The summed E-state index contributed by atoms with van der Waals surface area (Å²) in [5.74, 6) is 0. The minimum Gasteiger partial charge on any atom is -0.329 e. The molecule has 0 atom stereocenters. The van der Waals surface area contributed by atoms with Crippen LogP contribution >= 0.6 is 0 Å². The van der Waals surface area contributed by atoms with Crippen molar-refractivity contribution in [3.8, 4) is 0 Å². The van der Waals surface area contributed by atoms with Crippen LogP contribution in [0.3, 0.4) is 0 Å². The second kappa shape index (κ2) is 8.27. The third kappa shape index (κ3) is 4.12. The van der Waals surface area contributed by atoms with E-state index in [4.69, 9.17) is 11.5 Å². The maximum atomic E-state index is 12.7. The van der Waals surface area contributed by atoms with Crippen LogP contribution in [0.2, 0.25) is 0 Å². The molecule has 0 amide bonds. The maximum absolute atomic E-state index is 12.7. The molecule has 1 aliphatic rings. The molecule has 0 saturated carbocycles. The normalized spacial score (nSPS) is 13.8. The van der Waals surface area contributed by atoms with Crippen molar-refractivity contribution >= 4 is 20.0 Å². The van der Waals surface area contributed by atoms with E-state index in [1.54, 1.807) is 12.1 Å². The molecule has 0 aliphatic heterocycles. The first-order chi connectivity index (χ1) is 13.3. The molecular formula is C18H24N4O4S2. The van der Waals surface area contributed by atoms with Crippen molar-refractivity contribution in [2.24, 2.45) is 11.5 Å². The van der Waals surface area contributed by atoms with Crippen LogP contribution in [0.15, 0.2) is 46.2 Å². The Hall–Kier alpha value is -1.82. The van der Waals surface area contributed by atoms with E-state index in [1.807, 2.05) is 12.1 Å². The molecular weight excluding hydrogens is 400 g/mol. The SMILES string of the molecule is NCCNS(=O)(=O)c1cccc2c1Cc1c(cccc1S(=O)(=O)NCCN)C2. The molecule has 0 spiro atoms. The average Bonchev–Trinajstić information content (AvgIpc) is 2.68. The molecule has 0 radical (unpaired) electrons. The highest BCUT2D eigenvalue weighted by molar-refractivity contribution is 7.89. The molecule has 0 saturated heterocycles. The van der Waals surface area contributed by atoms with Crippen LogP contribution in [0.5, 0.6) is 0 Å². The smallest absolute Gasteiger partial charge is 0.240 e. The van der Waals surface area contributed by atoms with E-state index in [2.05, 4.69) is 9.44 Å². The highest BCUT2D eigenvalue weighted by Gasteiger charge is 2.28. The number of nitrogens with one attached hydrogen (secondary N) is 2. The highest BCUT2D eigenvalue weighted by atomic mass is 32.2. The van der Waals surface area contributed by atoms with Crippen LogP contribution in [0.4, 0.5) is 0 Å². The molecule has 0 aromatic heterocycles. The number of rotatable bonds is 8. The lowest BCUT2D eigenvalue weighted by atomic mass is 9.86. The zero-order chi connectivity index (χ0) is 20.4. The molecule has 6 N–H and O–H groups in total. The van der Waals surface area contributed by atoms with Crippen LogP contribution in [0.1, 0.15) is 22.3 Å². The molecule has 0 bridgehead atoms. The summed E-state index contributed by atoms with van der Waals surface area (Å²) in [5, 5.41) is 0. The Morgan fingerprint density at radius 3 is 1.54 bits per heavy atom. The fourth-order valence-electron chi connectivity index (χ4n) is 3.38. The summed E-state index contributed by atoms with van der Waals surface area (Å²) in [7, 11) is -7.48. The Morgan fingerprint density at radius 2 is 1.14 bits per heavy atom. The zero-order valence-corrected chi connectivity index (χ0v) is 16.9. The van der Waals surface area contributed by atoms with E-state index in [-0.39, 0.29) is 42.4 Å². The number of sulfonamides is 2. The van der Waals surface area contributed by atoms with Gasteiger partial charge in [-0.1, -0.05) is 24.3 Å².